The maximum atomic E-state index is 5.97. The quantitative estimate of drug-likeness (QED) is 0.846. The van der Waals surface area contributed by atoms with Crippen LogP contribution >= 0.6 is 11.6 Å². The van der Waals surface area contributed by atoms with E-state index >= 15 is 0 Å². The molecule has 1 fully saturated rings. The predicted molar refractivity (Wildman–Crippen MR) is 77.9 cm³/mol. The molecule has 19 heavy (non-hydrogen) atoms. The van der Waals surface area contributed by atoms with E-state index in [1.807, 2.05) is 18.2 Å². The third-order valence-corrected chi connectivity index (χ3v) is 4.11. The molecule has 0 unspecified atom stereocenters. The van der Waals surface area contributed by atoms with Gasteiger partial charge in [-0.1, -0.05) is 11.6 Å². The molecule has 1 aliphatic rings. The van der Waals surface area contributed by atoms with Gasteiger partial charge in [-0.05, 0) is 45.1 Å². The van der Waals surface area contributed by atoms with Crippen molar-refractivity contribution in [1.82, 2.24) is 9.88 Å². The van der Waals surface area contributed by atoms with Gasteiger partial charge in [-0.25, -0.2) is 0 Å². The number of aromatic nitrogens is 1. The van der Waals surface area contributed by atoms with E-state index in [1.165, 1.54) is 0 Å². The minimum atomic E-state index is 0.500. The molecule has 0 aliphatic carbocycles. The van der Waals surface area contributed by atoms with Crippen LogP contribution in [0.2, 0.25) is 5.02 Å². The minimum Gasteiger partial charge on any atom is -0.423 e. The number of hydrogen-bond donors (Lipinski definition) is 0. The summed E-state index contributed by atoms with van der Waals surface area (Å²) in [7, 11) is 4.22. The fraction of sp³-hybridized carbons (Fsp3) is 0.500. The van der Waals surface area contributed by atoms with Gasteiger partial charge in [0.2, 0.25) is 0 Å². The molecule has 0 atom stereocenters. The van der Waals surface area contributed by atoms with Gasteiger partial charge in [0, 0.05) is 24.2 Å². The molecular formula is C14H18ClN3O. The Labute approximate surface area is 117 Å². The Bertz CT molecular complexity index is 575. The average Bonchev–Trinajstić information content (AvgIpc) is 2.81. The van der Waals surface area contributed by atoms with E-state index in [9.17, 15) is 0 Å². The molecule has 0 bridgehead atoms. The molecule has 2 heterocycles. The second-order valence-corrected chi connectivity index (χ2v) is 5.69. The predicted octanol–water partition coefficient (Wildman–Crippen LogP) is 3.01. The Hall–Kier alpha value is -1.26. The maximum absolute atomic E-state index is 5.97. The van der Waals surface area contributed by atoms with Crippen molar-refractivity contribution in [2.24, 2.45) is 0 Å². The van der Waals surface area contributed by atoms with Crippen LogP contribution in [-0.2, 0) is 0 Å². The molecule has 0 radical (unpaired) electrons. The van der Waals surface area contributed by atoms with Crippen molar-refractivity contribution in [3.05, 3.63) is 23.2 Å². The van der Waals surface area contributed by atoms with E-state index in [4.69, 9.17) is 16.0 Å². The van der Waals surface area contributed by atoms with Gasteiger partial charge in [0.25, 0.3) is 6.01 Å². The van der Waals surface area contributed by atoms with Crippen molar-refractivity contribution in [2.75, 3.05) is 32.1 Å². The second kappa shape index (κ2) is 5.02. The molecular weight excluding hydrogens is 262 g/mol. The lowest BCUT2D eigenvalue weighted by molar-refractivity contribution is 0.250. The second-order valence-electron chi connectivity index (χ2n) is 5.25. The van der Waals surface area contributed by atoms with E-state index in [2.05, 4.69) is 28.9 Å². The lowest BCUT2D eigenvalue weighted by atomic mass is 10.0. The van der Waals surface area contributed by atoms with Crippen molar-refractivity contribution in [2.45, 2.75) is 18.9 Å². The van der Waals surface area contributed by atoms with Crippen LogP contribution in [0.4, 0.5) is 6.01 Å². The van der Waals surface area contributed by atoms with Gasteiger partial charge in [-0.15, -0.1) is 0 Å². The van der Waals surface area contributed by atoms with Crippen LogP contribution in [-0.4, -0.2) is 43.1 Å². The smallest absolute Gasteiger partial charge is 0.298 e. The van der Waals surface area contributed by atoms with Gasteiger partial charge in [0.1, 0.15) is 5.52 Å². The van der Waals surface area contributed by atoms with Gasteiger partial charge in [0.15, 0.2) is 5.58 Å². The number of halogens is 1. The van der Waals surface area contributed by atoms with Crippen LogP contribution in [0, 0.1) is 0 Å². The first kappa shape index (κ1) is 12.8. The van der Waals surface area contributed by atoms with E-state index in [0.717, 1.165) is 37.0 Å². The highest BCUT2D eigenvalue weighted by molar-refractivity contribution is 6.31. The maximum Gasteiger partial charge on any atom is 0.298 e. The number of likely N-dealkylation sites (tertiary alicyclic amines) is 1. The average molecular weight is 280 g/mol. The lowest BCUT2D eigenvalue weighted by Gasteiger charge is -2.34. The topological polar surface area (TPSA) is 32.5 Å². The van der Waals surface area contributed by atoms with Gasteiger partial charge >= 0.3 is 0 Å². The Morgan fingerprint density at radius 1 is 1.37 bits per heavy atom. The molecule has 1 aromatic carbocycles. The molecule has 1 aliphatic heterocycles. The van der Waals surface area contributed by atoms with Crippen LogP contribution in [0.1, 0.15) is 12.8 Å². The fourth-order valence-electron chi connectivity index (χ4n) is 2.58. The van der Waals surface area contributed by atoms with Crippen LogP contribution < -0.4 is 4.90 Å². The SMILES string of the molecule is CN1CCC(N(C)c2nc3ccc(Cl)cc3o2)CC1. The molecule has 1 aromatic heterocycles. The van der Waals surface area contributed by atoms with E-state index in [0.29, 0.717) is 17.1 Å². The van der Waals surface area contributed by atoms with E-state index in [-0.39, 0.29) is 0 Å². The number of nitrogens with zero attached hydrogens (tertiary/aromatic N) is 3. The third kappa shape index (κ3) is 2.55. The summed E-state index contributed by atoms with van der Waals surface area (Å²) in [5.41, 5.74) is 1.61. The van der Waals surface area contributed by atoms with Gasteiger partial charge in [0.05, 0.1) is 0 Å². The third-order valence-electron chi connectivity index (χ3n) is 3.88. The zero-order chi connectivity index (χ0) is 13.4. The van der Waals surface area contributed by atoms with Crippen LogP contribution in [0.25, 0.3) is 11.1 Å². The van der Waals surface area contributed by atoms with Crippen molar-refractivity contribution < 1.29 is 4.42 Å². The monoisotopic (exact) mass is 279 g/mol. The molecule has 0 amide bonds. The van der Waals surface area contributed by atoms with E-state index in [1.54, 1.807) is 0 Å². The molecule has 2 aromatic rings. The van der Waals surface area contributed by atoms with Gasteiger partial charge < -0.3 is 14.2 Å². The number of oxazole rings is 1. The molecule has 3 rings (SSSR count). The number of piperidine rings is 1. The van der Waals surface area contributed by atoms with Gasteiger partial charge in [-0.3, -0.25) is 0 Å². The number of fused-ring (bicyclic) bond motifs is 1. The zero-order valence-electron chi connectivity index (χ0n) is 11.3. The minimum absolute atomic E-state index is 0.500. The Balaban J connectivity index is 1.83. The molecule has 1 saturated heterocycles. The van der Waals surface area contributed by atoms with Crippen molar-refractivity contribution in [3.8, 4) is 0 Å². The van der Waals surface area contributed by atoms with Crippen LogP contribution in [0.15, 0.2) is 22.6 Å². The summed E-state index contributed by atoms with van der Waals surface area (Å²) < 4.78 is 5.81. The van der Waals surface area contributed by atoms with Crippen LogP contribution in [0.5, 0.6) is 0 Å². The van der Waals surface area contributed by atoms with E-state index < -0.39 is 0 Å². The summed E-state index contributed by atoms with van der Waals surface area (Å²) in [6.07, 6.45) is 2.29. The van der Waals surface area contributed by atoms with Crippen molar-refractivity contribution in [3.63, 3.8) is 0 Å². The largest absolute Gasteiger partial charge is 0.423 e. The van der Waals surface area contributed by atoms with Crippen molar-refractivity contribution >= 4 is 28.7 Å². The zero-order valence-corrected chi connectivity index (χ0v) is 12.0. The summed E-state index contributed by atoms with van der Waals surface area (Å²) in [5.74, 6) is 0. The standard InChI is InChI=1S/C14H18ClN3O/c1-17-7-5-11(6-8-17)18(2)14-16-12-4-3-10(15)9-13(12)19-14/h3-4,9,11H,5-8H2,1-2H3. The molecule has 4 nitrogen and oxygen atoms in total. The first-order valence-corrected chi connectivity index (χ1v) is 6.99. The first-order valence-electron chi connectivity index (χ1n) is 6.61. The normalized spacial score (nSPS) is 18.1. The summed E-state index contributed by atoms with van der Waals surface area (Å²) in [6.45, 7) is 2.25. The summed E-state index contributed by atoms with van der Waals surface area (Å²) >= 11 is 5.97. The fourth-order valence-corrected chi connectivity index (χ4v) is 2.74. The molecule has 5 heteroatoms. The van der Waals surface area contributed by atoms with Crippen molar-refractivity contribution in [1.29, 1.82) is 0 Å². The lowest BCUT2D eigenvalue weighted by Crippen LogP contribution is -2.42. The van der Waals surface area contributed by atoms with Gasteiger partial charge in [-0.2, -0.15) is 4.98 Å². The molecule has 0 spiro atoms. The Morgan fingerprint density at radius 3 is 2.84 bits per heavy atom. The molecule has 0 saturated carbocycles. The number of anilines is 1. The highest BCUT2D eigenvalue weighted by Crippen LogP contribution is 2.27. The number of benzene rings is 1. The Morgan fingerprint density at radius 2 is 2.11 bits per heavy atom. The summed E-state index contributed by atoms with van der Waals surface area (Å²) in [6, 6.07) is 6.74. The highest BCUT2D eigenvalue weighted by atomic mass is 35.5. The van der Waals surface area contributed by atoms with Crippen LogP contribution in [0.3, 0.4) is 0 Å². The molecule has 102 valence electrons. The molecule has 0 N–H and O–H groups in total. The summed E-state index contributed by atoms with van der Waals surface area (Å²) in [4.78, 5) is 9.05. The summed E-state index contributed by atoms with van der Waals surface area (Å²) in [5, 5.41) is 0.678. The number of rotatable bonds is 2. The Kier molecular flexibility index (Phi) is 3.37. The highest BCUT2D eigenvalue weighted by Gasteiger charge is 2.23. The first-order chi connectivity index (χ1) is 9.13. The number of hydrogen-bond acceptors (Lipinski definition) is 4.